The largest absolute Gasteiger partial charge is 0.490 e. The van der Waals surface area contributed by atoms with E-state index in [0.717, 1.165) is 50.1 Å². The molecule has 172 valence electrons. The first-order valence-corrected chi connectivity index (χ1v) is 11.2. The Morgan fingerprint density at radius 3 is 2.37 bits per heavy atom. The summed E-state index contributed by atoms with van der Waals surface area (Å²) in [7, 11) is 0. The van der Waals surface area contributed by atoms with E-state index in [4.69, 9.17) is 14.5 Å². The van der Waals surface area contributed by atoms with Gasteiger partial charge in [-0.2, -0.15) is 0 Å². The number of rotatable bonds is 10. The second-order valence-corrected chi connectivity index (χ2v) is 7.71. The Bertz CT molecular complexity index is 632. The van der Waals surface area contributed by atoms with Gasteiger partial charge >= 0.3 is 0 Å². The number of nitrogens with one attached hydrogen (secondary N) is 2. The number of ether oxygens (including phenoxy) is 2. The lowest BCUT2D eigenvalue weighted by molar-refractivity contribution is 0.167. The van der Waals surface area contributed by atoms with E-state index in [-0.39, 0.29) is 24.0 Å². The molecule has 0 unspecified atom stereocenters. The van der Waals surface area contributed by atoms with Crippen molar-refractivity contribution < 1.29 is 9.47 Å². The summed E-state index contributed by atoms with van der Waals surface area (Å²) in [6, 6.07) is 7.31. The first kappa shape index (κ1) is 26.8. The van der Waals surface area contributed by atoms with E-state index < -0.39 is 0 Å². The van der Waals surface area contributed by atoms with Gasteiger partial charge in [-0.25, -0.2) is 0 Å². The van der Waals surface area contributed by atoms with Crippen LogP contribution in [0.2, 0.25) is 0 Å². The topological polar surface area (TPSA) is 58.1 Å². The third-order valence-corrected chi connectivity index (χ3v) is 5.22. The van der Waals surface area contributed by atoms with Gasteiger partial charge in [-0.3, -0.25) is 4.99 Å². The van der Waals surface area contributed by atoms with Crippen LogP contribution in [0.15, 0.2) is 23.2 Å². The molecule has 0 spiro atoms. The van der Waals surface area contributed by atoms with Gasteiger partial charge in [-0.1, -0.05) is 6.07 Å². The van der Waals surface area contributed by atoms with Crippen LogP contribution >= 0.6 is 24.0 Å². The van der Waals surface area contributed by atoms with Crippen molar-refractivity contribution in [3.8, 4) is 11.5 Å². The molecule has 30 heavy (non-hydrogen) atoms. The molecule has 2 rings (SSSR count). The fourth-order valence-electron chi connectivity index (χ4n) is 3.62. The summed E-state index contributed by atoms with van der Waals surface area (Å²) in [6.07, 6.45) is 3.20. The highest BCUT2D eigenvalue weighted by molar-refractivity contribution is 14.0. The molecule has 0 saturated carbocycles. The highest BCUT2D eigenvalue weighted by atomic mass is 127. The highest BCUT2D eigenvalue weighted by Crippen LogP contribution is 2.28. The van der Waals surface area contributed by atoms with Crippen molar-refractivity contribution in [2.75, 3.05) is 39.4 Å². The lowest BCUT2D eigenvalue weighted by Gasteiger charge is -2.35. The van der Waals surface area contributed by atoms with Crippen molar-refractivity contribution in [1.82, 2.24) is 15.5 Å². The number of likely N-dealkylation sites (tertiary alicyclic amines) is 1. The summed E-state index contributed by atoms with van der Waals surface area (Å²) in [5.41, 5.74) is 1.21. The quantitative estimate of drug-likeness (QED) is 0.270. The Morgan fingerprint density at radius 2 is 1.77 bits per heavy atom. The van der Waals surface area contributed by atoms with Crippen molar-refractivity contribution in [3.05, 3.63) is 23.8 Å². The predicted octanol–water partition coefficient (Wildman–Crippen LogP) is 4.07. The SMILES string of the molecule is CCNC(=NCCc1ccc(OCC)c(OCC)c1)NC1CCN(C(C)C)CC1.I. The average molecular weight is 533 g/mol. The van der Waals surface area contributed by atoms with E-state index in [1.54, 1.807) is 0 Å². The fourth-order valence-corrected chi connectivity index (χ4v) is 3.62. The molecular weight excluding hydrogens is 491 g/mol. The third kappa shape index (κ3) is 8.88. The number of nitrogens with zero attached hydrogens (tertiary/aromatic N) is 2. The molecule has 0 radical (unpaired) electrons. The first-order chi connectivity index (χ1) is 14.1. The monoisotopic (exact) mass is 532 g/mol. The van der Waals surface area contributed by atoms with Crippen LogP contribution in [0.3, 0.4) is 0 Å². The van der Waals surface area contributed by atoms with Crippen LogP contribution in [0.4, 0.5) is 0 Å². The van der Waals surface area contributed by atoms with Crippen LogP contribution in [0.1, 0.15) is 53.0 Å². The lowest BCUT2D eigenvalue weighted by Crippen LogP contribution is -2.49. The van der Waals surface area contributed by atoms with Crippen LogP contribution < -0.4 is 20.1 Å². The predicted molar refractivity (Wildman–Crippen MR) is 137 cm³/mol. The van der Waals surface area contributed by atoms with Crippen LogP contribution in [-0.4, -0.2) is 62.3 Å². The Balaban J connectivity index is 0.00000450. The minimum Gasteiger partial charge on any atom is -0.490 e. The van der Waals surface area contributed by atoms with E-state index in [1.807, 2.05) is 19.9 Å². The van der Waals surface area contributed by atoms with E-state index in [1.165, 1.54) is 18.4 Å². The standard InChI is InChI=1S/C23H40N4O2.HI/c1-6-24-23(26-20-12-15-27(16-13-20)18(4)5)25-14-11-19-9-10-21(28-7-2)22(17-19)29-8-3;/h9-10,17-18,20H,6-8,11-16H2,1-5H3,(H2,24,25,26);1H. The Kier molecular flexibility index (Phi) is 13.2. The molecule has 0 aromatic heterocycles. The lowest BCUT2D eigenvalue weighted by atomic mass is 10.0. The first-order valence-electron chi connectivity index (χ1n) is 11.2. The number of hydrogen-bond donors (Lipinski definition) is 2. The summed E-state index contributed by atoms with van der Waals surface area (Å²) < 4.78 is 11.4. The zero-order valence-electron chi connectivity index (χ0n) is 19.4. The van der Waals surface area contributed by atoms with Gasteiger partial charge in [0, 0.05) is 38.3 Å². The molecule has 0 atom stereocenters. The number of halogens is 1. The molecule has 2 N–H and O–H groups in total. The van der Waals surface area contributed by atoms with E-state index >= 15 is 0 Å². The third-order valence-electron chi connectivity index (χ3n) is 5.22. The summed E-state index contributed by atoms with van der Waals surface area (Å²) in [4.78, 5) is 7.35. The van der Waals surface area contributed by atoms with Crippen LogP contribution in [0.5, 0.6) is 11.5 Å². The molecule has 1 fully saturated rings. The number of benzene rings is 1. The van der Waals surface area contributed by atoms with Gasteiger partial charge in [0.2, 0.25) is 0 Å². The Labute approximate surface area is 200 Å². The molecule has 1 aliphatic rings. The second kappa shape index (κ2) is 14.7. The maximum atomic E-state index is 5.73. The van der Waals surface area contributed by atoms with Crippen molar-refractivity contribution in [1.29, 1.82) is 0 Å². The minimum absolute atomic E-state index is 0. The molecule has 0 amide bonds. The summed E-state index contributed by atoms with van der Waals surface area (Å²) >= 11 is 0. The van der Waals surface area contributed by atoms with Crippen molar-refractivity contribution >= 4 is 29.9 Å². The molecule has 1 aliphatic heterocycles. The van der Waals surface area contributed by atoms with Gasteiger partial charge < -0.3 is 25.0 Å². The van der Waals surface area contributed by atoms with Crippen LogP contribution in [-0.2, 0) is 6.42 Å². The highest BCUT2D eigenvalue weighted by Gasteiger charge is 2.21. The molecule has 1 aromatic rings. The fraction of sp³-hybridized carbons (Fsp3) is 0.696. The molecule has 1 saturated heterocycles. The van der Waals surface area contributed by atoms with E-state index in [2.05, 4.69) is 48.4 Å². The number of aliphatic imine (C=N–C) groups is 1. The van der Waals surface area contributed by atoms with Gasteiger partial charge in [-0.15, -0.1) is 24.0 Å². The maximum absolute atomic E-state index is 5.73. The van der Waals surface area contributed by atoms with Gasteiger partial charge in [0.15, 0.2) is 17.5 Å². The summed E-state index contributed by atoms with van der Waals surface area (Å²) in [6.45, 7) is 15.8. The maximum Gasteiger partial charge on any atom is 0.191 e. The molecule has 1 heterocycles. The zero-order chi connectivity index (χ0) is 21.1. The normalized spacial score (nSPS) is 15.6. The Hall–Kier alpha value is -1.22. The summed E-state index contributed by atoms with van der Waals surface area (Å²) in [5, 5.41) is 7.02. The average Bonchev–Trinajstić information content (AvgIpc) is 2.71. The van der Waals surface area contributed by atoms with Crippen molar-refractivity contribution in [2.24, 2.45) is 4.99 Å². The molecule has 7 heteroatoms. The molecular formula is C23H41IN4O2. The van der Waals surface area contributed by atoms with Gasteiger partial charge in [0.25, 0.3) is 0 Å². The molecule has 0 bridgehead atoms. The Morgan fingerprint density at radius 1 is 1.10 bits per heavy atom. The second-order valence-electron chi connectivity index (χ2n) is 7.71. The van der Waals surface area contributed by atoms with Gasteiger partial charge in [0.1, 0.15) is 0 Å². The molecule has 0 aliphatic carbocycles. The van der Waals surface area contributed by atoms with Crippen molar-refractivity contribution in [3.63, 3.8) is 0 Å². The number of hydrogen-bond acceptors (Lipinski definition) is 4. The summed E-state index contributed by atoms with van der Waals surface area (Å²) in [5.74, 6) is 2.55. The number of piperidine rings is 1. The minimum atomic E-state index is 0. The smallest absolute Gasteiger partial charge is 0.191 e. The van der Waals surface area contributed by atoms with Crippen LogP contribution in [0.25, 0.3) is 0 Å². The van der Waals surface area contributed by atoms with E-state index in [0.29, 0.717) is 25.3 Å². The molecule has 6 nitrogen and oxygen atoms in total. The zero-order valence-corrected chi connectivity index (χ0v) is 21.7. The van der Waals surface area contributed by atoms with E-state index in [9.17, 15) is 0 Å². The van der Waals surface area contributed by atoms with Gasteiger partial charge in [-0.05, 0) is 71.6 Å². The van der Waals surface area contributed by atoms with Crippen molar-refractivity contribution in [2.45, 2.75) is 66.0 Å². The number of guanidine groups is 1. The molecule has 1 aromatic carbocycles. The van der Waals surface area contributed by atoms with Gasteiger partial charge in [0.05, 0.1) is 13.2 Å². The van der Waals surface area contributed by atoms with Crippen LogP contribution in [0, 0.1) is 0 Å².